The third-order valence-electron chi connectivity index (χ3n) is 3.84. The van der Waals surface area contributed by atoms with Gasteiger partial charge in [-0.15, -0.1) is 0 Å². The van der Waals surface area contributed by atoms with Crippen LogP contribution in [-0.2, 0) is 0 Å². The Labute approximate surface area is 143 Å². The zero-order valence-electron chi connectivity index (χ0n) is 13.6. The number of amides is 1. The van der Waals surface area contributed by atoms with E-state index in [0.29, 0.717) is 23.3 Å². The summed E-state index contributed by atoms with van der Waals surface area (Å²) < 4.78 is 15.2. The number of nitrogen functional groups attached to an aromatic ring is 1. The van der Waals surface area contributed by atoms with Crippen molar-refractivity contribution >= 4 is 17.4 Å². The Balaban J connectivity index is 2.15. The van der Waals surface area contributed by atoms with Crippen molar-refractivity contribution in [2.24, 2.45) is 0 Å². The Bertz CT molecular complexity index is 1000. The minimum Gasteiger partial charge on any atom is -0.383 e. The van der Waals surface area contributed by atoms with Gasteiger partial charge in [-0.2, -0.15) is 5.26 Å². The standard InChI is InChI=1S/C18H16FN5O/c1-2-7-22-18(25)15-16(21)24-8-3-4-13(17(24)23-15)11-5-6-14(19)12(9-11)10-20/h3-6,8-9H,2,7,21H2,1H3,(H,22,25). The number of pyridine rings is 1. The predicted octanol–water partition coefficient (Wildman–Crippen LogP) is 2.73. The maximum atomic E-state index is 13.6. The first-order chi connectivity index (χ1) is 12.1. The largest absolute Gasteiger partial charge is 0.383 e. The molecule has 2 heterocycles. The summed E-state index contributed by atoms with van der Waals surface area (Å²) in [4.78, 5) is 16.6. The summed E-state index contributed by atoms with van der Waals surface area (Å²) in [5.41, 5.74) is 7.89. The van der Waals surface area contributed by atoms with Crippen molar-refractivity contribution in [3.05, 3.63) is 53.6 Å². The molecule has 0 saturated heterocycles. The van der Waals surface area contributed by atoms with Gasteiger partial charge >= 0.3 is 0 Å². The van der Waals surface area contributed by atoms with Crippen LogP contribution in [0.15, 0.2) is 36.5 Å². The van der Waals surface area contributed by atoms with Crippen molar-refractivity contribution in [3.63, 3.8) is 0 Å². The van der Waals surface area contributed by atoms with Crippen LogP contribution in [0.25, 0.3) is 16.8 Å². The van der Waals surface area contributed by atoms with Gasteiger partial charge in [0.1, 0.15) is 23.4 Å². The fraction of sp³-hybridized carbons (Fsp3) is 0.167. The Hall–Kier alpha value is -3.40. The molecule has 0 radical (unpaired) electrons. The van der Waals surface area contributed by atoms with E-state index in [0.717, 1.165) is 6.42 Å². The summed E-state index contributed by atoms with van der Waals surface area (Å²) in [7, 11) is 0. The molecule has 1 aromatic carbocycles. The van der Waals surface area contributed by atoms with E-state index < -0.39 is 5.82 Å². The van der Waals surface area contributed by atoms with E-state index in [9.17, 15) is 9.18 Å². The molecule has 3 aromatic rings. The lowest BCUT2D eigenvalue weighted by atomic mass is 10.0. The van der Waals surface area contributed by atoms with Crippen molar-refractivity contribution in [1.82, 2.24) is 14.7 Å². The van der Waals surface area contributed by atoms with E-state index in [1.54, 1.807) is 28.8 Å². The van der Waals surface area contributed by atoms with Gasteiger partial charge in [-0.1, -0.05) is 13.0 Å². The predicted molar refractivity (Wildman–Crippen MR) is 92.3 cm³/mol. The minimum absolute atomic E-state index is 0.0556. The molecule has 0 atom stereocenters. The summed E-state index contributed by atoms with van der Waals surface area (Å²) in [6.07, 6.45) is 2.50. The van der Waals surface area contributed by atoms with Crippen LogP contribution in [0.1, 0.15) is 29.4 Å². The van der Waals surface area contributed by atoms with Crippen LogP contribution < -0.4 is 11.1 Å². The van der Waals surface area contributed by atoms with Gasteiger partial charge in [0.15, 0.2) is 5.69 Å². The van der Waals surface area contributed by atoms with Crippen LogP contribution in [0, 0.1) is 17.1 Å². The lowest BCUT2D eigenvalue weighted by molar-refractivity contribution is 0.0950. The summed E-state index contributed by atoms with van der Waals surface area (Å²) >= 11 is 0. The van der Waals surface area contributed by atoms with Gasteiger partial charge in [-0.05, 0) is 36.2 Å². The van der Waals surface area contributed by atoms with Gasteiger partial charge in [0.25, 0.3) is 5.91 Å². The number of nitrogens with zero attached hydrogens (tertiary/aromatic N) is 3. The summed E-state index contributed by atoms with van der Waals surface area (Å²) in [5.74, 6) is -0.695. The number of hydrogen-bond acceptors (Lipinski definition) is 4. The molecule has 1 amide bonds. The normalized spacial score (nSPS) is 10.6. The molecule has 126 valence electrons. The highest BCUT2D eigenvalue weighted by molar-refractivity contribution is 5.98. The number of hydrogen-bond donors (Lipinski definition) is 2. The molecule has 0 fully saturated rings. The number of anilines is 1. The number of halogens is 1. The Morgan fingerprint density at radius 2 is 2.24 bits per heavy atom. The van der Waals surface area contributed by atoms with Crippen LogP contribution in [-0.4, -0.2) is 21.8 Å². The van der Waals surface area contributed by atoms with Crippen LogP contribution in [0.5, 0.6) is 0 Å². The second-order valence-electron chi connectivity index (χ2n) is 5.52. The molecule has 0 bridgehead atoms. The molecule has 3 rings (SSSR count). The van der Waals surface area contributed by atoms with Crippen molar-refractivity contribution in [3.8, 4) is 17.2 Å². The first-order valence-corrected chi connectivity index (χ1v) is 7.81. The highest BCUT2D eigenvalue weighted by Gasteiger charge is 2.19. The Morgan fingerprint density at radius 1 is 1.44 bits per heavy atom. The quantitative estimate of drug-likeness (QED) is 0.765. The first-order valence-electron chi connectivity index (χ1n) is 7.81. The Kier molecular flexibility index (Phi) is 4.35. The molecule has 0 aliphatic rings. The highest BCUT2D eigenvalue weighted by atomic mass is 19.1. The molecule has 0 aliphatic heterocycles. The van der Waals surface area contributed by atoms with E-state index in [1.807, 2.05) is 13.0 Å². The third-order valence-corrected chi connectivity index (χ3v) is 3.84. The molecule has 0 saturated carbocycles. The van der Waals surface area contributed by atoms with E-state index in [1.165, 1.54) is 12.1 Å². The van der Waals surface area contributed by atoms with E-state index in [-0.39, 0.29) is 23.0 Å². The van der Waals surface area contributed by atoms with Crippen molar-refractivity contribution in [2.45, 2.75) is 13.3 Å². The summed E-state index contributed by atoms with van der Waals surface area (Å²) in [6.45, 7) is 2.48. The number of nitrogens with two attached hydrogens (primary N) is 1. The molecule has 7 heteroatoms. The average Bonchev–Trinajstić information content (AvgIpc) is 2.97. The van der Waals surface area contributed by atoms with Crippen molar-refractivity contribution in [1.29, 1.82) is 5.26 Å². The molecular weight excluding hydrogens is 321 g/mol. The summed E-state index contributed by atoms with van der Waals surface area (Å²) in [6, 6.07) is 9.60. The van der Waals surface area contributed by atoms with Gasteiger partial charge in [0, 0.05) is 18.3 Å². The molecule has 0 spiro atoms. The number of aromatic nitrogens is 2. The maximum absolute atomic E-state index is 13.6. The monoisotopic (exact) mass is 337 g/mol. The minimum atomic E-state index is -0.583. The zero-order valence-corrected chi connectivity index (χ0v) is 13.6. The molecule has 0 aliphatic carbocycles. The van der Waals surface area contributed by atoms with E-state index in [2.05, 4.69) is 10.3 Å². The SMILES string of the molecule is CCCNC(=O)c1nc2c(-c3ccc(F)c(C#N)c3)cccn2c1N. The van der Waals surface area contributed by atoms with Crippen LogP contribution in [0.3, 0.4) is 0 Å². The smallest absolute Gasteiger partial charge is 0.273 e. The molecule has 6 nitrogen and oxygen atoms in total. The van der Waals surface area contributed by atoms with Gasteiger partial charge in [-0.25, -0.2) is 9.37 Å². The number of benzene rings is 1. The number of nitrogens with one attached hydrogen (secondary N) is 1. The Morgan fingerprint density at radius 3 is 2.96 bits per heavy atom. The van der Waals surface area contributed by atoms with Crippen molar-refractivity contribution < 1.29 is 9.18 Å². The van der Waals surface area contributed by atoms with Crippen LogP contribution in [0.4, 0.5) is 10.2 Å². The van der Waals surface area contributed by atoms with Gasteiger partial charge in [0.05, 0.1) is 5.56 Å². The van der Waals surface area contributed by atoms with E-state index >= 15 is 0 Å². The number of rotatable bonds is 4. The molecule has 0 unspecified atom stereocenters. The van der Waals surface area contributed by atoms with Gasteiger partial charge in [-0.3, -0.25) is 9.20 Å². The third kappa shape index (κ3) is 2.90. The highest BCUT2D eigenvalue weighted by Crippen LogP contribution is 2.28. The molecule has 2 aromatic heterocycles. The summed E-state index contributed by atoms with van der Waals surface area (Å²) in [5, 5.41) is 11.8. The first kappa shape index (κ1) is 16.5. The van der Waals surface area contributed by atoms with Gasteiger partial charge < -0.3 is 11.1 Å². The maximum Gasteiger partial charge on any atom is 0.273 e. The number of nitriles is 1. The van der Waals surface area contributed by atoms with Crippen LogP contribution >= 0.6 is 0 Å². The average molecular weight is 337 g/mol. The number of carbonyl (C=O) groups excluding carboxylic acids is 1. The molecule has 3 N–H and O–H groups in total. The fourth-order valence-corrected chi connectivity index (χ4v) is 2.58. The van der Waals surface area contributed by atoms with Gasteiger partial charge in [0.2, 0.25) is 0 Å². The molecule has 25 heavy (non-hydrogen) atoms. The lowest BCUT2D eigenvalue weighted by Crippen LogP contribution is -2.25. The van der Waals surface area contributed by atoms with Crippen molar-refractivity contribution in [2.75, 3.05) is 12.3 Å². The topological polar surface area (TPSA) is 96.2 Å². The molecular formula is C18H16FN5O. The second-order valence-corrected chi connectivity index (χ2v) is 5.52. The number of carbonyl (C=O) groups is 1. The van der Waals surface area contributed by atoms with E-state index in [4.69, 9.17) is 11.0 Å². The zero-order chi connectivity index (χ0) is 18.0. The second kappa shape index (κ2) is 6.61. The number of imidazole rings is 1. The number of fused-ring (bicyclic) bond motifs is 1. The fourth-order valence-electron chi connectivity index (χ4n) is 2.58. The lowest BCUT2D eigenvalue weighted by Gasteiger charge is -2.05. The van der Waals surface area contributed by atoms with Crippen LogP contribution in [0.2, 0.25) is 0 Å².